The van der Waals surface area contributed by atoms with Gasteiger partial charge in [0.25, 0.3) is 0 Å². The number of thiazole rings is 1. The smallest absolute Gasteiger partial charge is 0.191 e. The van der Waals surface area contributed by atoms with Crippen molar-refractivity contribution >= 4 is 17.3 Å². The third-order valence-electron chi connectivity index (χ3n) is 3.03. The molecule has 2 aromatic rings. The number of imidazole rings is 1. The number of guanidine groups is 1. The molecule has 21 heavy (non-hydrogen) atoms. The van der Waals surface area contributed by atoms with Crippen LogP contribution in [0.4, 0.5) is 0 Å². The van der Waals surface area contributed by atoms with Crippen molar-refractivity contribution in [1.29, 1.82) is 0 Å². The third kappa shape index (κ3) is 5.18. The van der Waals surface area contributed by atoms with E-state index in [4.69, 9.17) is 0 Å². The van der Waals surface area contributed by atoms with E-state index in [9.17, 15) is 0 Å². The molecule has 0 saturated heterocycles. The Morgan fingerprint density at radius 2 is 2.33 bits per heavy atom. The van der Waals surface area contributed by atoms with Crippen LogP contribution in [0.2, 0.25) is 0 Å². The Kier molecular flexibility index (Phi) is 6.21. The fourth-order valence-corrected chi connectivity index (χ4v) is 2.66. The third-order valence-corrected chi connectivity index (χ3v) is 4.17. The summed E-state index contributed by atoms with van der Waals surface area (Å²) in [5.74, 6) is 0.814. The van der Waals surface area contributed by atoms with Crippen molar-refractivity contribution in [3.05, 3.63) is 34.8 Å². The maximum atomic E-state index is 4.39. The summed E-state index contributed by atoms with van der Waals surface area (Å²) < 4.78 is 2.07. The van der Waals surface area contributed by atoms with E-state index in [1.807, 2.05) is 18.7 Å². The fraction of sp³-hybridized carbons (Fsp3) is 0.500. The normalized spacial score (nSPS) is 11.6. The first-order chi connectivity index (χ1) is 10.3. The first kappa shape index (κ1) is 15.5. The van der Waals surface area contributed by atoms with Crippen LogP contribution in [0.5, 0.6) is 0 Å². The van der Waals surface area contributed by atoms with E-state index in [2.05, 4.69) is 37.1 Å². The summed E-state index contributed by atoms with van der Waals surface area (Å²) in [7, 11) is 1.78. The zero-order chi connectivity index (χ0) is 14.9. The van der Waals surface area contributed by atoms with Crippen molar-refractivity contribution in [2.24, 2.45) is 4.99 Å². The van der Waals surface area contributed by atoms with Gasteiger partial charge in [-0.15, -0.1) is 11.3 Å². The molecule has 0 unspecified atom stereocenters. The summed E-state index contributed by atoms with van der Waals surface area (Å²) in [6, 6.07) is 0. The molecule has 0 fully saturated rings. The van der Waals surface area contributed by atoms with Gasteiger partial charge < -0.3 is 15.2 Å². The second kappa shape index (κ2) is 8.41. The largest absolute Gasteiger partial charge is 0.356 e. The zero-order valence-electron chi connectivity index (χ0n) is 12.5. The molecule has 7 heteroatoms. The summed E-state index contributed by atoms with van der Waals surface area (Å²) in [6.45, 7) is 4.68. The molecule has 0 radical (unpaired) electrons. The number of aryl methyl sites for hydroxylation is 2. The molecule has 0 bridgehead atoms. The van der Waals surface area contributed by atoms with Gasteiger partial charge in [-0.2, -0.15) is 0 Å². The molecule has 2 heterocycles. The van der Waals surface area contributed by atoms with Crippen LogP contribution in [-0.2, 0) is 19.5 Å². The minimum atomic E-state index is 0.714. The van der Waals surface area contributed by atoms with Crippen LogP contribution in [0.25, 0.3) is 0 Å². The standard InChI is InChI=1S/C14H22N6S/c1-3-12-9-18-13(21-12)10-19-14(15-2)17-5-4-7-20-8-6-16-11-20/h6,8-9,11H,3-5,7,10H2,1-2H3,(H2,15,17,19). The van der Waals surface area contributed by atoms with Gasteiger partial charge in [-0.1, -0.05) is 6.92 Å². The van der Waals surface area contributed by atoms with Gasteiger partial charge in [0, 0.05) is 43.6 Å². The Bertz CT molecular complexity index is 546. The topological polar surface area (TPSA) is 67.1 Å². The van der Waals surface area contributed by atoms with Crippen LogP contribution >= 0.6 is 11.3 Å². The Labute approximate surface area is 129 Å². The number of nitrogens with zero attached hydrogens (tertiary/aromatic N) is 4. The number of hydrogen-bond acceptors (Lipinski definition) is 4. The van der Waals surface area contributed by atoms with Crippen LogP contribution < -0.4 is 10.6 Å². The lowest BCUT2D eigenvalue weighted by atomic mass is 10.4. The molecule has 0 aliphatic carbocycles. The minimum absolute atomic E-state index is 0.714. The summed E-state index contributed by atoms with van der Waals surface area (Å²) in [5, 5.41) is 7.68. The van der Waals surface area contributed by atoms with Crippen molar-refractivity contribution in [2.45, 2.75) is 32.9 Å². The van der Waals surface area contributed by atoms with Crippen LogP contribution in [0, 0.1) is 0 Å². The molecule has 2 N–H and O–H groups in total. The van der Waals surface area contributed by atoms with E-state index < -0.39 is 0 Å². The monoisotopic (exact) mass is 306 g/mol. The maximum Gasteiger partial charge on any atom is 0.191 e. The molecule has 0 amide bonds. The van der Waals surface area contributed by atoms with Gasteiger partial charge in [-0.25, -0.2) is 9.97 Å². The van der Waals surface area contributed by atoms with E-state index in [0.29, 0.717) is 6.54 Å². The van der Waals surface area contributed by atoms with E-state index in [1.165, 1.54) is 4.88 Å². The molecule has 114 valence electrons. The molecule has 0 aromatic carbocycles. The number of aliphatic imine (C=N–C) groups is 1. The van der Waals surface area contributed by atoms with E-state index in [-0.39, 0.29) is 0 Å². The first-order valence-electron chi connectivity index (χ1n) is 7.15. The van der Waals surface area contributed by atoms with Gasteiger partial charge in [-0.05, 0) is 12.8 Å². The van der Waals surface area contributed by atoms with Gasteiger partial charge in [-0.3, -0.25) is 4.99 Å². The van der Waals surface area contributed by atoms with Crippen LogP contribution in [-0.4, -0.2) is 34.1 Å². The molecular weight excluding hydrogens is 284 g/mol. The van der Waals surface area contributed by atoms with E-state index in [0.717, 1.165) is 36.9 Å². The summed E-state index contributed by atoms with van der Waals surface area (Å²) in [4.78, 5) is 13.9. The molecule has 6 nitrogen and oxygen atoms in total. The Morgan fingerprint density at radius 1 is 1.43 bits per heavy atom. The van der Waals surface area contributed by atoms with Crippen molar-refractivity contribution in [3.63, 3.8) is 0 Å². The lowest BCUT2D eigenvalue weighted by Crippen LogP contribution is -2.37. The molecule has 2 aromatic heterocycles. The minimum Gasteiger partial charge on any atom is -0.356 e. The molecule has 0 aliphatic heterocycles. The molecule has 2 rings (SSSR count). The zero-order valence-corrected chi connectivity index (χ0v) is 13.4. The molecule has 0 atom stereocenters. The van der Waals surface area contributed by atoms with Gasteiger partial charge in [0.2, 0.25) is 0 Å². The quantitative estimate of drug-likeness (QED) is 0.464. The average Bonchev–Trinajstić information content (AvgIpc) is 3.17. The van der Waals surface area contributed by atoms with E-state index in [1.54, 1.807) is 24.6 Å². The van der Waals surface area contributed by atoms with Gasteiger partial charge >= 0.3 is 0 Å². The SMILES string of the molecule is CCc1cnc(CNC(=NC)NCCCn2ccnc2)s1. The number of nitrogens with one attached hydrogen (secondary N) is 2. The Morgan fingerprint density at radius 3 is 3.00 bits per heavy atom. The Balaban J connectivity index is 1.66. The highest BCUT2D eigenvalue weighted by atomic mass is 32.1. The highest BCUT2D eigenvalue weighted by molar-refractivity contribution is 7.11. The van der Waals surface area contributed by atoms with Crippen molar-refractivity contribution < 1.29 is 0 Å². The van der Waals surface area contributed by atoms with Crippen molar-refractivity contribution in [3.8, 4) is 0 Å². The Hall–Kier alpha value is -1.89. The summed E-state index contributed by atoms with van der Waals surface area (Å²) in [6.07, 6.45) is 9.62. The second-order valence-corrected chi connectivity index (χ2v) is 5.78. The molecular formula is C14H22N6S. The van der Waals surface area contributed by atoms with Crippen molar-refractivity contribution in [1.82, 2.24) is 25.2 Å². The van der Waals surface area contributed by atoms with Crippen molar-refractivity contribution in [2.75, 3.05) is 13.6 Å². The molecule has 0 saturated carbocycles. The van der Waals surface area contributed by atoms with Crippen LogP contribution in [0.3, 0.4) is 0 Å². The second-order valence-electron chi connectivity index (χ2n) is 4.58. The molecule has 0 aliphatic rings. The fourth-order valence-electron chi connectivity index (χ4n) is 1.86. The van der Waals surface area contributed by atoms with Crippen LogP contribution in [0.1, 0.15) is 23.2 Å². The predicted molar refractivity (Wildman–Crippen MR) is 86.5 cm³/mol. The van der Waals surface area contributed by atoms with Gasteiger partial charge in [0.1, 0.15) is 5.01 Å². The average molecular weight is 306 g/mol. The highest BCUT2D eigenvalue weighted by Crippen LogP contribution is 2.12. The summed E-state index contributed by atoms with van der Waals surface area (Å²) in [5.41, 5.74) is 0. The van der Waals surface area contributed by atoms with Crippen LogP contribution in [0.15, 0.2) is 29.9 Å². The van der Waals surface area contributed by atoms with Gasteiger partial charge in [0.05, 0.1) is 12.9 Å². The van der Waals surface area contributed by atoms with Gasteiger partial charge in [0.15, 0.2) is 5.96 Å². The predicted octanol–water partition coefficient (Wildman–Crippen LogP) is 1.66. The molecule has 0 spiro atoms. The maximum absolute atomic E-state index is 4.39. The number of aromatic nitrogens is 3. The summed E-state index contributed by atoms with van der Waals surface area (Å²) >= 11 is 1.75. The highest BCUT2D eigenvalue weighted by Gasteiger charge is 2.02. The lowest BCUT2D eigenvalue weighted by Gasteiger charge is -2.10. The van der Waals surface area contributed by atoms with E-state index >= 15 is 0 Å². The number of hydrogen-bond donors (Lipinski definition) is 2. The lowest BCUT2D eigenvalue weighted by molar-refractivity contribution is 0.624. The first-order valence-corrected chi connectivity index (χ1v) is 7.97. The number of rotatable bonds is 7.